The average Bonchev–Trinajstić information content (AvgIpc) is 2.96. The molecular formula is C22H24N2O4. The first-order valence-corrected chi connectivity index (χ1v) is 9.63. The molecule has 1 unspecified atom stereocenters. The monoisotopic (exact) mass is 380 g/mol. The van der Waals surface area contributed by atoms with Crippen LogP contribution in [0.25, 0.3) is 0 Å². The molecule has 2 aromatic rings. The molecule has 0 aromatic heterocycles. The maximum atomic E-state index is 13.2. The molecule has 1 fully saturated rings. The van der Waals surface area contributed by atoms with Gasteiger partial charge < -0.3 is 14.8 Å². The zero-order chi connectivity index (χ0) is 19.6. The van der Waals surface area contributed by atoms with Crippen molar-refractivity contribution < 1.29 is 19.1 Å². The molecule has 146 valence electrons. The van der Waals surface area contributed by atoms with Crippen molar-refractivity contribution in [1.82, 2.24) is 10.2 Å². The van der Waals surface area contributed by atoms with Crippen molar-refractivity contribution >= 4 is 11.9 Å². The van der Waals surface area contributed by atoms with Gasteiger partial charge in [-0.15, -0.1) is 0 Å². The molecule has 3 amide bonds. The van der Waals surface area contributed by atoms with Gasteiger partial charge in [0.2, 0.25) is 0 Å². The highest BCUT2D eigenvalue weighted by atomic mass is 16.5. The number of amides is 3. The second-order valence-corrected chi connectivity index (χ2v) is 7.18. The van der Waals surface area contributed by atoms with Gasteiger partial charge in [-0.1, -0.05) is 24.3 Å². The number of carbonyl (C=O) groups is 2. The lowest BCUT2D eigenvalue weighted by Gasteiger charge is -2.33. The summed E-state index contributed by atoms with van der Waals surface area (Å²) in [6, 6.07) is 14.9. The maximum absolute atomic E-state index is 13.2. The number of hydrogen-bond donors (Lipinski definition) is 1. The van der Waals surface area contributed by atoms with Crippen LogP contribution >= 0.6 is 0 Å². The zero-order valence-electron chi connectivity index (χ0n) is 15.9. The summed E-state index contributed by atoms with van der Waals surface area (Å²) >= 11 is 0. The van der Waals surface area contributed by atoms with E-state index in [1.165, 1.54) is 4.90 Å². The lowest BCUT2D eigenvalue weighted by Crippen LogP contribution is -2.46. The molecule has 1 spiro atoms. The van der Waals surface area contributed by atoms with Gasteiger partial charge in [-0.3, -0.25) is 9.69 Å². The fourth-order valence-corrected chi connectivity index (χ4v) is 4.10. The van der Waals surface area contributed by atoms with Crippen molar-refractivity contribution in [3.05, 3.63) is 59.7 Å². The van der Waals surface area contributed by atoms with E-state index in [1.807, 2.05) is 48.5 Å². The third kappa shape index (κ3) is 3.19. The van der Waals surface area contributed by atoms with Gasteiger partial charge in [-0.05, 0) is 61.1 Å². The van der Waals surface area contributed by atoms with Crippen LogP contribution in [0.3, 0.4) is 0 Å². The molecule has 6 nitrogen and oxygen atoms in total. The summed E-state index contributed by atoms with van der Waals surface area (Å²) in [5.74, 6) is 1.36. The van der Waals surface area contributed by atoms with Crippen LogP contribution < -0.4 is 14.8 Å². The second kappa shape index (κ2) is 7.54. The number of fused-ring (bicyclic) bond motifs is 2. The third-order valence-electron chi connectivity index (χ3n) is 5.50. The quantitative estimate of drug-likeness (QED) is 0.617. The summed E-state index contributed by atoms with van der Waals surface area (Å²) in [5, 5.41) is 2.98. The van der Waals surface area contributed by atoms with Gasteiger partial charge in [-0.25, -0.2) is 4.79 Å². The van der Waals surface area contributed by atoms with E-state index < -0.39 is 5.54 Å². The number of methoxy groups -OCH3 is 1. The van der Waals surface area contributed by atoms with E-state index in [0.29, 0.717) is 26.0 Å². The lowest BCUT2D eigenvalue weighted by atomic mass is 9.76. The molecule has 1 aliphatic carbocycles. The number of urea groups is 1. The van der Waals surface area contributed by atoms with Gasteiger partial charge in [-0.2, -0.15) is 0 Å². The van der Waals surface area contributed by atoms with Crippen LogP contribution in [0.4, 0.5) is 4.79 Å². The Balaban J connectivity index is 1.38. The molecule has 4 rings (SSSR count). The third-order valence-corrected chi connectivity index (χ3v) is 5.50. The number of aryl methyl sites for hydroxylation is 1. The Hall–Kier alpha value is -3.02. The number of rotatable bonds is 6. The van der Waals surface area contributed by atoms with Crippen LogP contribution in [-0.4, -0.2) is 37.1 Å². The van der Waals surface area contributed by atoms with Gasteiger partial charge in [0, 0.05) is 6.54 Å². The Morgan fingerprint density at radius 2 is 1.82 bits per heavy atom. The van der Waals surface area contributed by atoms with Crippen LogP contribution in [0, 0.1) is 0 Å². The summed E-state index contributed by atoms with van der Waals surface area (Å²) < 4.78 is 10.8. The summed E-state index contributed by atoms with van der Waals surface area (Å²) in [6.45, 7) is 0.762. The maximum Gasteiger partial charge on any atom is 0.325 e. The predicted octanol–water partition coefficient (Wildman–Crippen LogP) is 3.25. The SMILES string of the molecule is COc1ccc(OCCCN2C(=O)NC3(CCCc4ccccc43)C2=O)cc1. The molecule has 1 N–H and O–H groups in total. The number of hydrogen-bond acceptors (Lipinski definition) is 4. The topological polar surface area (TPSA) is 67.9 Å². The van der Waals surface area contributed by atoms with E-state index in [-0.39, 0.29) is 11.9 Å². The number of nitrogens with one attached hydrogen (secondary N) is 1. The predicted molar refractivity (Wildman–Crippen MR) is 104 cm³/mol. The summed E-state index contributed by atoms with van der Waals surface area (Å²) in [5.41, 5.74) is 1.19. The van der Waals surface area contributed by atoms with Gasteiger partial charge in [0.05, 0.1) is 13.7 Å². The molecular weight excluding hydrogens is 356 g/mol. The Labute approximate surface area is 164 Å². The zero-order valence-corrected chi connectivity index (χ0v) is 15.9. The Morgan fingerprint density at radius 3 is 2.61 bits per heavy atom. The normalized spacial score (nSPS) is 20.8. The Kier molecular flexibility index (Phi) is 4.94. The fourth-order valence-electron chi connectivity index (χ4n) is 4.10. The van der Waals surface area contributed by atoms with Gasteiger partial charge in [0.1, 0.15) is 17.0 Å². The van der Waals surface area contributed by atoms with Crippen molar-refractivity contribution in [1.29, 1.82) is 0 Å². The highest BCUT2D eigenvalue weighted by molar-refractivity contribution is 6.07. The van der Waals surface area contributed by atoms with E-state index in [0.717, 1.165) is 35.5 Å². The van der Waals surface area contributed by atoms with Crippen molar-refractivity contribution in [3.63, 3.8) is 0 Å². The van der Waals surface area contributed by atoms with E-state index >= 15 is 0 Å². The molecule has 1 saturated heterocycles. The molecule has 0 radical (unpaired) electrons. The van der Waals surface area contributed by atoms with Crippen LogP contribution in [0.1, 0.15) is 30.4 Å². The first-order valence-electron chi connectivity index (χ1n) is 9.63. The smallest absolute Gasteiger partial charge is 0.325 e. The Morgan fingerprint density at radius 1 is 1.07 bits per heavy atom. The van der Waals surface area contributed by atoms with Crippen LogP contribution in [-0.2, 0) is 16.8 Å². The molecule has 0 bridgehead atoms. The number of imide groups is 1. The van der Waals surface area contributed by atoms with E-state index in [1.54, 1.807) is 7.11 Å². The van der Waals surface area contributed by atoms with Crippen molar-refractivity contribution in [3.8, 4) is 11.5 Å². The minimum Gasteiger partial charge on any atom is -0.497 e. The van der Waals surface area contributed by atoms with E-state index in [2.05, 4.69) is 5.32 Å². The Bertz CT molecular complexity index is 880. The van der Waals surface area contributed by atoms with Gasteiger partial charge in [0.25, 0.3) is 5.91 Å². The highest BCUT2D eigenvalue weighted by Crippen LogP contribution is 2.39. The van der Waals surface area contributed by atoms with Crippen LogP contribution in [0.15, 0.2) is 48.5 Å². The molecule has 2 aromatic carbocycles. The second-order valence-electron chi connectivity index (χ2n) is 7.18. The van der Waals surface area contributed by atoms with Crippen LogP contribution in [0.5, 0.6) is 11.5 Å². The van der Waals surface area contributed by atoms with Crippen LogP contribution in [0.2, 0.25) is 0 Å². The van der Waals surface area contributed by atoms with Crippen molar-refractivity contribution in [2.75, 3.05) is 20.3 Å². The summed E-state index contributed by atoms with van der Waals surface area (Å²) in [4.78, 5) is 27.1. The van der Waals surface area contributed by atoms with Gasteiger partial charge >= 0.3 is 6.03 Å². The summed E-state index contributed by atoms with van der Waals surface area (Å²) in [7, 11) is 1.62. The molecule has 6 heteroatoms. The van der Waals surface area contributed by atoms with E-state index in [9.17, 15) is 9.59 Å². The lowest BCUT2D eigenvalue weighted by molar-refractivity contribution is -0.132. The number of ether oxygens (including phenoxy) is 2. The molecule has 1 heterocycles. The molecule has 2 aliphatic rings. The highest BCUT2D eigenvalue weighted by Gasteiger charge is 2.53. The number of nitrogens with zero attached hydrogens (tertiary/aromatic N) is 1. The van der Waals surface area contributed by atoms with E-state index in [4.69, 9.17) is 9.47 Å². The standard InChI is InChI=1S/C22H24N2O4/c1-27-17-9-11-18(12-10-17)28-15-5-14-24-20(25)22(23-21(24)26)13-4-7-16-6-2-3-8-19(16)22/h2-3,6,8-12H,4-5,7,13-15H2,1H3,(H,23,26). The molecule has 28 heavy (non-hydrogen) atoms. The van der Waals surface area contributed by atoms with Crippen molar-refractivity contribution in [2.45, 2.75) is 31.2 Å². The number of benzene rings is 2. The summed E-state index contributed by atoms with van der Waals surface area (Å²) in [6.07, 6.45) is 3.05. The largest absolute Gasteiger partial charge is 0.497 e. The minimum atomic E-state index is -0.900. The average molecular weight is 380 g/mol. The molecule has 0 saturated carbocycles. The number of carbonyl (C=O) groups excluding carboxylic acids is 2. The molecule has 1 atom stereocenters. The first-order chi connectivity index (χ1) is 13.6. The molecule has 1 aliphatic heterocycles. The fraction of sp³-hybridized carbons (Fsp3) is 0.364. The van der Waals surface area contributed by atoms with Crippen molar-refractivity contribution in [2.24, 2.45) is 0 Å². The first kappa shape index (κ1) is 18.3. The van der Waals surface area contributed by atoms with Gasteiger partial charge in [0.15, 0.2) is 0 Å². The minimum absolute atomic E-state index is 0.144.